The second-order valence-corrected chi connectivity index (χ2v) is 7.97. The van der Waals surface area contributed by atoms with Gasteiger partial charge in [-0.3, -0.25) is 14.8 Å². The average molecular weight is 437 g/mol. The van der Waals surface area contributed by atoms with Crippen molar-refractivity contribution in [1.29, 1.82) is 0 Å². The van der Waals surface area contributed by atoms with E-state index in [1.54, 1.807) is 18.6 Å². The van der Waals surface area contributed by atoms with Crippen LogP contribution in [0, 0.1) is 0 Å². The number of anilines is 1. The molecule has 1 aliphatic rings. The number of hydrogen-bond donors (Lipinski definition) is 1. The van der Waals surface area contributed by atoms with Crippen molar-refractivity contribution >= 4 is 11.6 Å². The summed E-state index contributed by atoms with van der Waals surface area (Å²) in [6.07, 6.45) is 8.91. The molecule has 1 aliphatic heterocycles. The highest BCUT2D eigenvalue weighted by Gasteiger charge is 2.31. The first kappa shape index (κ1) is 20.8. The van der Waals surface area contributed by atoms with Crippen LogP contribution in [-0.2, 0) is 6.54 Å². The molecule has 0 radical (unpaired) electrons. The Balaban J connectivity index is 1.29. The van der Waals surface area contributed by atoms with E-state index in [9.17, 15) is 4.79 Å². The van der Waals surface area contributed by atoms with Gasteiger partial charge in [0.1, 0.15) is 5.69 Å². The summed E-state index contributed by atoms with van der Waals surface area (Å²) >= 11 is 0. The molecule has 7 heteroatoms. The minimum atomic E-state index is -0.0636. The highest BCUT2D eigenvalue weighted by molar-refractivity contribution is 5.95. The first-order valence-electron chi connectivity index (χ1n) is 11.1. The van der Waals surface area contributed by atoms with Gasteiger partial charge in [0.2, 0.25) is 0 Å². The second kappa shape index (κ2) is 9.56. The van der Waals surface area contributed by atoms with Crippen molar-refractivity contribution in [3.8, 4) is 11.5 Å². The first-order chi connectivity index (χ1) is 16.3. The Morgan fingerprint density at radius 3 is 2.67 bits per heavy atom. The van der Waals surface area contributed by atoms with Crippen molar-refractivity contribution in [2.24, 2.45) is 0 Å². The van der Waals surface area contributed by atoms with E-state index in [0.29, 0.717) is 24.5 Å². The third-order valence-electron chi connectivity index (χ3n) is 5.78. The molecular weight excluding hydrogens is 412 g/mol. The lowest BCUT2D eigenvalue weighted by Gasteiger charge is -2.24. The number of benzene rings is 1. The third-order valence-corrected chi connectivity index (χ3v) is 5.78. The topological polar surface area (TPSA) is 83.9 Å². The molecule has 0 aliphatic carbocycles. The predicted octanol–water partition coefficient (Wildman–Crippen LogP) is 4.52. The van der Waals surface area contributed by atoms with Crippen LogP contribution in [0.1, 0.15) is 40.5 Å². The Morgan fingerprint density at radius 1 is 0.970 bits per heavy atom. The molecule has 1 fully saturated rings. The van der Waals surface area contributed by atoms with Crippen LogP contribution in [0.3, 0.4) is 0 Å². The number of likely N-dealkylation sites (tertiary alicyclic amines) is 1. The molecule has 4 heterocycles. The minimum absolute atomic E-state index is 0.0225. The summed E-state index contributed by atoms with van der Waals surface area (Å²) in [5, 5.41) is 3.37. The zero-order chi connectivity index (χ0) is 22.5. The van der Waals surface area contributed by atoms with Gasteiger partial charge >= 0.3 is 0 Å². The minimum Gasteiger partial charge on any atom is -0.381 e. The number of hydrogen-bond acceptors (Lipinski definition) is 6. The molecule has 1 amide bonds. The Bertz CT molecular complexity index is 1210. The zero-order valence-electron chi connectivity index (χ0n) is 18.1. The number of carbonyl (C=O) groups is 1. The lowest BCUT2D eigenvalue weighted by molar-refractivity contribution is 0.0733. The number of nitrogens with one attached hydrogen (secondary N) is 1. The molecular formula is C26H24N6O. The fourth-order valence-corrected chi connectivity index (χ4v) is 4.10. The van der Waals surface area contributed by atoms with Crippen LogP contribution in [0.2, 0.25) is 0 Å². The molecule has 7 nitrogen and oxygen atoms in total. The van der Waals surface area contributed by atoms with Gasteiger partial charge < -0.3 is 10.2 Å². The van der Waals surface area contributed by atoms with Crippen LogP contribution in [0.15, 0.2) is 85.5 Å². The molecule has 1 aromatic carbocycles. The molecule has 1 saturated heterocycles. The standard InChI is InChI=1S/C26H24N6O/c33-26(20-8-10-21(11-9-20)30-18-19-5-3-13-27-17-19)32-16-4-7-24(32)22-12-15-29-25(31-22)23-6-1-2-14-28-23/h1-3,5-6,8-15,17,24,30H,4,7,16,18H2/t24-/m1/s1. The molecule has 3 aromatic heterocycles. The van der Waals surface area contributed by atoms with E-state index < -0.39 is 0 Å². The Morgan fingerprint density at radius 2 is 1.88 bits per heavy atom. The summed E-state index contributed by atoms with van der Waals surface area (Å²) in [7, 11) is 0. The van der Waals surface area contributed by atoms with Crippen molar-refractivity contribution < 1.29 is 4.79 Å². The summed E-state index contributed by atoms with van der Waals surface area (Å²) in [6.45, 7) is 1.40. The molecule has 33 heavy (non-hydrogen) atoms. The number of rotatable bonds is 6. The van der Waals surface area contributed by atoms with Gasteiger partial charge in [0, 0.05) is 49.1 Å². The smallest absolute Gasteiger partial charge is 0.254 e. The number of amides is 1. The van der Waals surface area contributed by atoms with Gasteiger partial charge in [-0.2, -0.15) is 0 Å². The summed E-state index contributed by atoms with van der Waals surface area (Å²) in [6, 6.07) is 19.1. The molecule has 1 N–H and O–H groups in total. The van der Waals surface area contributed by atoms with E-state index in [1.165, 1.54) is 0 Å². The molecule has 5 rings (SSSR count). The number of pyridine rings is 2. The largest absolute Gasteiger partial charge is 0.381 e. The van der Waals surface area contributed by atoms with Gasteiger partial charge in [-0.25, -0.2) is 9.97 Å². The molecule has 164 valence electrons. The summed E-state index contributed by atoms with van der Waals surface area (Å²) < 4.78 is 0. The van der Waals surface area contributed by atoms with Crippen molar-refractivity contribution in [2.75, 3.05) is 11.9 Å². The van der Waals surface area contributed by atoms with Gasteiger partial charge in [-0.15, -0.1) is 0 Å². The van der Waals surface area contributed by atoms with Crippen molar-refractivity contribution in [3.63, 3.8) is 0 Å². The predicted molar refractivity (Wildman–Crippen MR) is 126 cm³/mol. The fourth-order valence-electron chi connectivity index (χ4n) is 4.10. The first-order valence-corrected chi connectivity index (χ1v) is 11.1. The van der Waals surface area contributed by atoms with Crippen LogP contribution < -0.4 is 5.32 Å². The number of aromatic nitrogens is 4. The van der Waals surface area contributed by atoms with Crippen LogP contribution in [-0.4, -0.2) is 37.3 Å². The lowest BCUT2D eigenvalue weighted by atomic mass is 10.1. The maximum Gasteiger partial charge on any atom is 0.254 e. The van der Waals surface area contributed by atoms with Crippen LogP contribution in [0.4, 0.5) is 5.69 Å². The number of nitrogens with zero attached hydrogens (tertiary/aromatic N) is 5. The maximum absolute atomic E-state index is 13.3. The van der Waals surface area contributed by atoms with Crippen LogP contribution in [0.5, 0.6) is 0 Å². The van der Waals surface area contributed by atoms with Gasteiger partial charge in [0.25, 0.3) is 5.91 Å². The summed E-state index contributed by atoms with van der Waals surface area (Å²) in [5.41, 5.74) is 4.32. The monoisotopic (exact) mass is 436 g/mol. The highest BCUT2D eigenvalue weighted by Crippen LogP contribution is 2.32. The Labute approximate surface area is 192 Å². The van der Waals surface area contributed by atoms with Crippen molar-refractivity contribution in [3.05, 3.63) is 102 Å². The summed E-state index contributed by atoms with van der Waals surface area (Å²) in [5.74, 6) is 0.603. The van der Waals surface area contributed by atoms with Crippen LogP contribution in [0.25, 0.3) is 11.5 Å². The normalized spacial score (nSPS) is 15.4. The summed E-state index contributed by atoms with van der Waals surface area (Å²) in [4.78, 5) is 32.8. The number of carbonyl (C=O) groups excluding carboxylic acids is 1. The second-order valence-electron chi connectivity index (χ2n) is 7.97. The highest BCUT2D eigenvalue weighted by atomic mass is 16.2. The van der Waals surface area contributed by atoms with Crippen molar-refractivity contribution in [1.82, 2.24) is 24.8 Å². The van der Waals surface area contributed by atoms with Crippen LogP contribution >= 0.6 is 0 Å². The third kappa shape index (κ3) is 4.72. The van der Waals surface area contributed by atoms with Gasteiger partial charge in [-0.1, -0.05) is 12.1 Å². The van der Waals surface area contributed by atoms with E-state index in [2.05, 4.69) is 20.3 Å². The van der Waals surface area contributed by atoms with E-state index in [-0.39, 0.29) is 11.9 Å². The quantitative estimate of drug-likeness (QED) is 0.478. The SMILES string of the molecule is O=C(c1ccc(NCc2cccnc2)cc1)N1CCC[C@@H]1c1ccnc(-c2ccccn2)n1. The molecule has 1 atom stereocenters. The van der Waals surface area contributed by atoms with Gasteiger partial charge in [0.15, 0.2) is 5.82 Å². The van der Waals surface area contributed by atoms with Gasteiger partial charge in [-0.05, 0) is 66.9 Å². The maximum atomic E-state index is 13.3. The van der Waals surface area contributed by atoms with Crippen molar-refractivity contribution in [2.45, 2.75) is 25.4 Å². The molecule has 4 aromatic rings. The lowest BCUT2D eigenvalue weighted by Crippen LogP contribution is -2.31. The molecule has 0 bridgehead atoms. The zero-order valence-corrected chi connectivity index (χ0v) is 18.1. The Kier molecular flexibility index (Phi) is 6.01. The van der Waals surface area contributed by atoms with E-state index in [4.69, 9.17) is 4.98 Å². The molecule has 0 unspecified atom stereocenters. The van der Waals surface area contributed by atoms with E-state index in [1.807, 2.05) is 71.8 Å². The van der Waals surface area contributed by atoms with E-state index in [0.717, 1.165) is 35.5 Å². The Hall–Kier alpha value is -4.13. The fraction of sp³-hybridized carbons (Fsp3) is 0.192. The van der Waals surface area contributed by atoms with Gasteiger partial charge in [0.05, 0.1) is 11.7 Å². The molecule has 0 saturated carbocycles. The van der Waals surface area contributed by atoms with E-state index >= 15 is 0 Å². The molecule has 0 spiro atoms. The average Bonchev–Trinajstić information content (AvgIpc) is 3.39.